The number of fused-ring (bicyclic) bond motifs is 1. The van der Waals surface area contributed by atoms with Crippen molar-refractivity contribution in [2.45, 2.75) is 20.0 Å². The predicted octanol–water partition coefficient (Wildman–Crippen LogP) is 2.85. The minimum absolute atomic E-state index is 0.0330. The molecular formula is C20H19N5O4. The largest absolute Gasteiger partial charge is 0.454 e. The molecule has 0 atom stereocenters. The van der Waals surface area contributed by atoms with E-state index in [4.69, 9.17) is 19.9 Å². The molecule has 4 rings (SSSR count). The maximum atomic E-state index is 12.3. The van der Waals surface area contributed by atoms with Crippen LogP contribution in [-0.2, 0) is 17.8 Å². The van der Waals surface area contributed by atoms with Gasteiger partial charge in [0.15, 0.2) is 23.9 Å². The molecule has 29 heavy (non-hydrogen) atoms. The Morgan fingerprint density at radius 1 is 1.14 bits per heavy atom. The van der Waals surface area contributed by atoms with Gasteiger partial charge in [0.2, 0.25) is 18.7 Å². The van der Waals surface area contributed by atoms with Gasteiger partial charge in [-0.05, 0) is 36.2 Å². The number of carbonyl (C=O) groups is 1. The van der Waals surface area contributed by atoms with Gasteiger partial charge in [0.05, 0.1) is 5.56 Å². The Kier molecular flexibility index (Phi) is 5.10. The predicted molar refractivity (Wildman–Crippen MR) is 105 cm³/mol. The van der Waals surface area contributed by atoms with E-state index in [1.54, 1.807) is 18.2 Å². The van der Waals surface area contributed by atoms with Gasteiger partial charge >= 0.3 is 5.97 Å². The molecule has 2 heterocycles. The van der Waals surface area contributed by atoms with E-state index in [9.17, 15) is 4.79 Å². The number of nitrogens with two attached hydrogens (primary N) is 1. The van der Waals surface area contributed by atoms with E-state index in [0.717, 1.165) is 17.7 Å². The van der Waals surface area contributed by atoms with Gasteiger partial charge in [-0.25, -0.2) is 4.79 Å². The molecule has 148 valence electrons. The number of ether oxygens (including phenoxy) is 3. The van der Waals surface area contributed by atoms with E-state index < -0.39 is 5.97 Å². The van der Waals surface area contributed by atoms with Crippen LogP contribution in [0.2, 0.25) is 0 Å². The molecule has 0 unspecified atom stereocenters. The zero-order valence-electron chi connectivity index (χ0n) is 15.7. The number of anilines is 3. The van der Waals surface area contributed by atoms with Crippen LogP contribution in [0.25, 0.3) is 0 Å². The summed E-state index contributed by atoms with van der Waals surface area (Å²) in [5.41, 5.74) is 8.12. The van der Waals surface area contributed by atoms with Gasteiger partial charge in [0.1, 0.15) is 0 Å². The lowest BCUT2D eigenvalue weighted by atomic mass is 10.1. The first-order valence-electron chi connectivity index (χ1n) is 9.04. The summed E-state index contributed by atoms with van der Waals surface area (Å²) in [6.07, 6.45) is 0.851. The summed E-state index contributed by atoms with van der Waals surface area (Å²) in [7, 11) is 0. The lowest BCUT2D eigenvalue weighted by molar-refractivity contribution is 0.0462. The quantitative estimate of drug-likeness (QED) is 0.609. The first-order valence-corrected chi connectivity index (χ1v) is 9.04. The number of esters is 1. The third kappa shape index (κ3) is 4.18. The Bertz CT molecular complexity index is 1060. The average Bonchev–Trinajstić information content (AvgIpc) is 3.20. The molecule has 9 heteroatoms. The fourth-order valence-electron chi connectivity index (χ4n) is 2.87. The van der Waals surface area contributed by atoms with Crippen molar-refractivity contribution in [3.8, 4) is 11.5 Å². The standard InChI is InChI=1S/C20H19N5O4/c1-2-12-5-3-4-6-14(12)22-20-24-17(23-19(21)25-20)10-27-18(26)13-7-8-15-16(9-13)29-11-28-15/h3-9H,2,10-11H2,1H3,(H3,21,22,23,24,25). The van der Waals surface area contributed by atoms with Gasteiger partial charge in [-0.2, -0.15) is 15.0 Å². The number of para-hydroxylation sites is 1. The van der Waals surface area contributed by atoms with Crippen molar-refractivity contribution in [2.24, 2.45) is 0 Å². The molecule has 0 radical (unpaired) electrons. The van der Waals surface area contributed by atoms with Crippen LogP contribution in [0.4, 0.5) is 17.6 Å². The number of hydrogen-bond donors (Lipinski definition) is 2. The zero-order chi connectivity index (χ0) is 20.2. The normalized spacial score (nSPS) is 11.9. The minimum atomic E-state index is -0.534. The molecule has 9 nitrogen and oxygen atoms in total. The van der Waals surface area contributed by atoms with Crippen molar-refractivity contribution in [1.82, 2.24) is 15.0 Å². The average molecular weight is 393 g/mol. The number of carbonyl (C=O) groups excluding carboxylic acids is 1. The van der Waals surface area contributed by atoms with Gasteiger partial charge in [-0.1, -0.05) is 25.1 Å². The monoisotopic (exact) mass is 393 g/mol. The third-order valence-electron chi connectivity index (χ3n) is 4.28. The summed E-state index contributed by atoms with van der Waals surface area (Å²) in [6.45, 7) is 2.04. The topological polar surface area (TPSA) is 121 Å². The maximum Gasteiger partial charge on any atom is 0.338 e. The Morgan fingerprint density at radius 3 is 2.83 bits per heavy atom. The molecule has 1 aliphatic heterocycles. The molecule has 0 saturated carbocycles. The van der Waals surface area contributed by atoms with Crippen LogP contribution >= 0.6 is 0 Å². The number of rotatable bonds is 6. The Labute approximate surface area is 166 Å². The number of nitrogens with zero attached hydrogens (tertiary/aromatic N) is 3. The Morgan fingerprint density at radius 2 is 1.97 bits per heavy atom. The molecule has 3 N–H and O–H groups in total. The smallest absolute Gasteiger partial charge is 0.338 e. The molecule has 0 spiro atoms. The van der Waals surface area contributed by atoms with Crippen LogP contribution in [0.15, 0.2) is 42.5 Å². The summed E-state index contributed by atoms with van der Waals surface area (Å²) in [4.78, 5) is 24.8. The fourth-order valence-corrected chi connectivity index (χ4v) is 2.87. The molecule has 1 aromatic heterocycles. The number of nitrogens with one attached hydrogen (secondary N) is 1. The van der Waals surface area contributed by atoms with Crippen molar-refractivity contribution in [3.63, 3.8) is 0 Å². The minimum Gasteiger partial charge on any atom is -0.454 e. The highest BCUT2D eigenvalue weighted by atomic mass is 16.7. The summed E-state index contributed by atoms with van der Waals surface area (Å²) in [5, 5.41) is 3.14. The van der Waals surface area contributed by atoms with E-state index in [0.29, 0.717) is 17.1 Å². The van der Waals surface area contributed by atoms with Crippen molar-refractivity contribution in [2.75, 3.05) is 17.8 Å². The molecule has 2 aromatic carbocycles. The summed E-state index contributed by atoms with van der Waals surface area (Å²) >= 11 is 0. The molecular weight excluding hydrogens is 374 g/mol. The molecule has 0 aliphatic carbocycles. The molecule has 0 bridgehead atoms. The molecule has 0 fully saturated rings. The van der Waals surface area contributed by atoms with E-state index >= 15 is 0 Å². The van der Waals surface area contributed by atoms with Crippen LogP contribution in [0.3, 0.4) is 0 Å². The number of aryl methyl sites for hydroxylation is 1. The Hall–Kier alpha value is -3.88. The van der Waals surface area contributed by atoms with Gasteiger partial charge < -0.3 is 25.3 Å². The van der Waals surface area contributed by atoms with Crippen molar-refractivity contribution in [1.29, 1.82) is 0 Å². The van der Waals surface area contributed by atoms with Crippen molar-refractivity contribution >= 4 is 23.6 Å². The van der Waals surface area contributed by atoms with E-state index in [2.05, 4.69) is 27.2 Å². The van der Waals surface area contributed by atoms with E-state index in [1.165, 1.54) is 0 Å². The van der Waals surface area contributed by atoms with Gasteiger partial charge in [-0.15, -0.1) is 0 Å². The summed E-state index contributed by atoms with van der Waals surface area (Å²) in [5.74, 6) is 1.12. The molecule has 1 aliphatic rings. The zero-order valence-corrected chi connectivity index (χ0v) is 15.7. The lowest BCUT2D eigenvalue weighted by Gasteiger charge is -2.11. The Balaban J connectivity index is 1.46. The number of nitrogen functional groups attached to an aromatic ring is 1. The third-order valence-corrected chi connectivity index (χ3v) is 4.28. The van der Waals surface area contributed by atoms with Crippen molar-refractivity contribution < 1.29 is 19.0 Å². The van der Waals surface area contributed by atoms with Crippen LogP contribution < -0.4 is 20.5 Å². The van der Waals surface area contributed by atoms with Gasteiger partial charge in [-0.3, -0.25) is 0 Å². The van der Waals surface area contributed by atoms with Crippen LogP contribution in [0.5, 0.6) is 11.5 Å². The second-order valence-electron chi connectivity index (χ2n) is 6.21. The van der Waals surface area contributed by atoms with Crippen LogP contribution in [-0.4, -0.2) is 27.7 Å². The first-order chi connectivity index (χ1) is 14.1. The number of aromatic nitrogens is 3. The highest BCUT2D eigenvalue weighted by Crippen LogP contribution is 2.32. The summed E-state index contributed by atoms with van der Waals surface area (Å²) < 4.78 is 15.8. The highest BCUT2D eigenvalue weighted by Gasteiger charge is 2.17. The van der Waals surface area contributed by atoms with Gasteiger partial charge in [0.25, 0.3) is 0 Å². The number of benzene rings is 2. The molecule has 0 saturated heterocycles. The molecule has 0 amide bonds. The second kappa shape index (κ2) is 8.01. The first kappa shape index (κ1) is 18.5. The number of hydrogen-bond acceptors (Lipinski definition) is 9. The SMILES string of the molecule is CCc1ccccc1Nc1nc(N)nc(COC(=O)c2ccc3c(c2)OCO3)n1. The van der Waals surface area contributed by atoms with Crippen LogP contribution in [0, 0.1) is 0 Å². The maximum absolute atomic E-state index is 12.3. The summed E-state index contributed by atoms with van der Waals surface area (Å²) in [6, 6.07) is 12.7. The van der Waals surface area contributed by atoms with Gasteiger partial charge in [0, 0.05) is 5.69 Å². The fraction of sp³-hybridized carbons (Fsp3) is 0.200. The lowest BCUT2D eigenvalue weighted by Crippen LogP contribution is -2.11. The second-order valence-corrected chi connectivity index (χ2v) is 6.21. The highest BCUT2D eigenvalue weighted by molar-refractivity contribution is 5.90. The van der Waals surface area contributed by atoms with Crippen molar-refractivity contribution in [3.05, 3.63) is 59.4 Å². The van der Waals surface area contributed by atoms with E-state index in [-0.39, 0.29) is 31.1 Å². The van der Waals surface area contributed by atoms with E-state index in [1.807, 2.05) is 24.3 Å². The molecule has 3 aromatic rings. The van der Waals surface area contributed by atoms with Crippen LogP contribution in [0.1, 0.15) is 28.7 Å².